The number of aryl methyl sites for hydroxylation is 1. The topological polar surface area (TPSA) is 63.4 Å². The van der Waals surface area contributed by atoms with E-state index in [4.69, 9.17) is 28.9 Å². The molecule has 0 aliphatic carbocycles. The molecule has 6 heteroatoms. The fourth-order valence-electron chi connectivity index (χ4n) is 2.26. The third-order valence-corrected chi connectivity index (χ3v) is 3.96. The van der Waals surface area contributed by atoms with E-state index in [0.29, 0.717) is 5.69 Å². The summed E-state index contributed by atoms with van der Waals surface area (Å²) < 4.78 is 0. The molecule has 0 saturated carbocycles. The average Bonchev–Trinajstić information content (AvgIpc) is 2.49. The number of anilines is 1. The van der Waals surface area contributed by atoms with E-state index in [1.807, 2.05) is 12.1 Å². The minimum absolute atomic E-state index is 0.0484. The van der Waals surface area contributed by atoms with Crippen LogP contribution in [0.5, 0.6) is 0 Å². The predicted molar refractivity (Wildman–Crippen MR) is 93.3 cm³/mol. The van der Waals surface area contributed by atoms with Crippen LogP contribution in [-0.4, -0.2) is 11.9 Å². The van der Waals surface area contributed by atoms with Crippen molar-refractivity contribution in [3.63, 3.8) is 0 Å². The van der Waals surface area contributed by atoms with Gasteiger partial charge in [0.2, 0.25) is 0 Å². The first-order chi connectivity index (χ1) is 11.0. The molecular formula is C17H16Cl2N2O2. The Bertz CT molecular complexity index is 710. The molecular weight excluding hydrogens is 335 g/mol. The van der Waals surface area contributed by atoms with Gasteiger partial charge in [-0.25, -0.2) is 9.69 Å². The van der Waals surface area contributed by atoms with Crippen molar-refractivity contribution in [2.75, 3.05) is 4.90 Å². The number of halogens is 2. The maximum atomic E-state index is 12.7. The molecule has 0 spiro atoms. The van der Waals surface area contributed by atoms with E-state index < -0.39 is 11.9 Å². The Kier molecular flexibility index (Phi) is 5.64. The molecule has 2 rings (SSSR count). The van der Waals surface area contributed by atoms with Crippen molar-refractivity contribution in [2.45, 2.75) is 19.8 Å². The second kappa shape index (κ2) is 7.49. The van der Waals surface area contributed by atoms with Gasteiger partial charge in [0.05, 0.1) is 21.3 Å². The lowest BCUT2D eigenvalue weighted by molar-refractivity contribution is 0.0995. The normalized spacial score (nSPS) is 10.4. The summed E-state index contributed by atoms with van der Waals surface area (Å²) in [5, 5.41) is 0.327. The number of carbonyl (C=O) groups is 2. The zero-order chi connectivity index (χ0) is 17.0. The highest BCUT2D eigenvalue weighted by Crippen LogP contribution is 2.28. The van der Waals surface area contributed by atoms with Crippen LogP contribution < -0.4 is 10.6 Å². The van der Waals surface area contributed by atoms with Gasteiger partial charge >= 0.3 is 6.03 Å². The fraction of sp³-hybridized carbons (Fsp3) is 0.176. The number of nitrogens with zero attached hydrogens (tertiary/aromatic N) is 1. The predicted octanol–water partition coefficient (Wildman–Crippen LogP) is 4.67. The number of primary amides is 1. The first-order valence-corrected chi connectivity index (χ1v) is 7.88. The molecule has 0 fully saturated rings. The second-order valence-corrected chi connectivity index (χ2v) is 5.81. The van der Waals surface area contributed by atoms with Gasteiger partial charge in [0.25, 0.3) is 5.91 Å². The molecule has 0 unspecified atom stereocenters. The summed E-state index contributed by atoms with van der Waals surface area (Å²) in [7, 11) is 0. The van der Waals surface area contributed by atoms with Crippen LogP contribution in [0.25, 0.3) is 0 Å². The summed E-state index contributed by atoms with van der Waals surface area (Å²) in [5.41, 5.74) is 6.92. The third kappa shape index (κ3) is 3.84. The van der Waals surface area contributed by atoms with E-state index in [-0.39, 0.29) is 15.6 Å². The first kappa shape index (κ1) is 17.3. The summed E-state index contributed by atoms with van der Waals surface area (Å²) in [5.74, 6) is -0.656. The molecule has 0 aliphatic heterocycles. The lowest BCUT2D eigenvalue weighted by atomic mass is 10.1. The van der Waals surface area contributed by atoms with Gasteiger partial charge in [-0.1, -0.05) is 54.7 Å². The molecule has 4 nitrogen and oxygen atoms in total. The van der Waals surface area contributed by atoms with Gasteiger partial charge in [0.15, 0.2) is 0 Å². The van der Waals surface area contributed by atoms with Crippen LogP contribution in [0.4, 0.5) is 10.5 Å². The largest absolute Gasteiger partial charge is 0.351 e. The molecule has 0 radical (unpaired) electrons. The van der Waals surface area contributed by atoms with Crippen LogP contribution >= 0.6 is 23.2 Å². The summed E-state index contributed by atoms with van der Waals surface area (Å²) >= 11 is 12.1. The van der Waals surface area contributed by atoms with E-state index in [1.54, 1.807) is 18.2 Å². The van der Waals surface area contributed by atoms with Gasteiger partial charge in [-0.3, -0.25) is 4.79 Å². The highest BCUT2D eigenvalue weighted by atomic mass is 35.5. The molecule has 23 heavy (non-hydrogen) atoms. The van der Waals surface area contributed by atoms with Crippen LogP contribution in [0.15, 0.2) is 42.5 Å². The Morgan fingerprint density at radius 1 is 1.04 bits per heavy atom. The smallest absolute Gasteiger partial charge is 0.326 e. The molecule has 0 heterocycles. The zero-order valence-electron chi connectivity index (χ0n) is 12.6. The van der Waals surface area contributed by atoms with Gasteiger partial charge in [-0.15, -0.1) is 0 Å². The monoisotopic (exact) mass is 350 g/mol. The number of imide groups is 1. The Morgan fingerprint density at radius 3 is 2.09 bits per heavy atom. The van der Waals surface area contributed by atoms with Crippen molar-refractivity contribution in [3.8, 4) is 0 Å². The van der Waals surface area contributed by atoms with Crippen LogP contribution in [0.3, 0.4) is 0 Å². The van der Waals surface area contributed by atoms with Gasteiger partial charge in [0, 0.05) is 0 Å². The number of amides is 3. The number of nitrogens with two attached hydrogens (primary N) is 1. The number of hydrogen-bond acceptors (Lipinski definition) is 2. The Labute approximate surface area is 144 Å². The fourth-order valence-corrected chi connectivity index (χ4v) is 2.82. The molecule has 2 aromatic rings. The first-order valence-electron chi connectivity index (χ1n) is 7.12. The van der Waals surface area contributed by atoms with Gasteiger partial charge in [-0.05, 0) is 36.2 Å². The molecule has 0 bridgehead atoms. The maximum Gasteiger partial charge on any atom is 0.326 e. The molecule has 2 N–H and O–H groups in total. The van der Waals surface area contributed by atoms with Gasteiger partial charge in [0.1, 0.15) is 0 Å². The average molecular weight is 351 g/mol. The highest BCUT2D eigenvalue weighted by Gasteiger charge is 2.26. The minimum Gasteiger partial charge on any atom is -0.351 e. The quantitative estimate of drug-likeness (QED) is 0.870. The third-order valence-electron chi connectivity index (χ3n) is 3.33. The van der Waals surface area contributed by atoms with Crippen molar-refractivity contribution in [1.29, 1.82) is 0 Å². The van der Waals surface area contributed by atoms with Gasteiger partial charge in [-0.2, -0.15) is 0 Å². The van der Waals surface area contributed by atoms with Crippen LogP contribution in [0.2, 0.25) is 10.0 Å². The molecule has 0 saturated heterocycles. The molecule has 3 amide bonds. The maximum absolute atomic E-state index is 12.7. The van der Waals surface area contributed by atoms with Gasteiger partial charge < -0.3 is 5.73 Å². The van der Waals surface area contributed by atoms with Crippen molar-refractivity contribution in [1.82, 2.24) is 0 Å². The molecule has 0 aromatic heterocycles. The minimum atomic E-state index is -0.894. The van der Waals surface area contributed by atoms with Crippen LogP contribution in [0.1, 0.15) is 29.3 Å². The summed E-state index contributed by atoms with van der Waals surface area (Å²) in [4.78, 5) is 25.3. The Balaban J connectivity index is 2.42. The number of carbonyl (C=O) groups excluding carboxylic acids is 2. The molecule has 0 atom stereocenters. The lowest BCUT2D eigenvalue weighted by Crippen LogP contribution is -2.41. The zero-order valence-corrected chi connectivity index (χ0v) is 14.1. The van der Waals surface area contributed by atoms with Crippen LogP contribution in [-0.2, 0) is 6.42 Å². The second-order valence-electron chi connectivity index (χ2n) is 4.99. The number of urea groups is 1. The van der Waals surface area contributed by atoms with Crippen molar-refractivity contribution in [2.24, 2.45) is 5.73 Å². The molecule has 2 aromatic carbocycles. The molecule has 0 aliphatic rings. The highest BCUT2D eigenvalue weighted by molar-refractivity contribution is 6.41. The van der Waals surface area contributed by atoms with E-state index >= 15 is 0 Å². The van der Waals surface area contributed by atoms with E-state index in [0.717, 1.165) is 23.3 Å². The van der Waals surface area contributed by atoms with E-state index in [2.05, 4.69) is 6.92 Å². The Hall–Kier alpha value is -2.04. The van der Waals surface area contributed by atoms with E-state index in [1.165, 1.54) is 12.1 Å². The standard InChI is InChI=1S/C17H16Cl2N2O2/c1-2-4-11-7-9-12(10-8-11)21(17(20)23)16(22)15-13(18)5-3-6-14(15)19/h3,5-10H,2,4H2,1H3,(H2,20,23). The van der Waals surface area contributed by atoms with Crippen molar-refractivity contribution < 1.29 is 9.59 Å². The summed E-state index contributed by atoms with van der Waals surface area (Å²) in [6.45, 7) is 2.08. The number of benzene rings is 2. The summed E-state index contributed by atoms with van der Waals surface area (Å²) in [6.07, 6.45) is 1.92. The SMILES string of the molecule is CCCc1ccc(N(C(N)=O)C(=O)c2c(Cl)cccc2Cl)cc1. The Morgan fingerprint density at radius 2 is 1.61 bits per heavy atom. The molecule has 120 valence electrons. The van der Waals surface area contributed by atoms with Crippen molar-refractivity contribution >= 4 is 40.8 Å². The van der Waals surface area contributed by atoms with Crippen LogP contribution in [0, 0.1) is 0 Å². The number of hydrogen-bond donors (Lipinski definition) is 1. The lowest BCUT2D eigenvalue weighted by Gasteiger charge is -2.20. The van der Waals surface area contributed by atoms with Crippen molar-refractivity contribution in [3.05, 3.63) is 63.6 Å². The van der Waals surface area contributed by atoms with E-state index in [9.17, 15) is 9.59 Å². The summed E-state index contributed by atoms with van der Waals surface area (Å²) in [6, 6.07) is 10.9. The number of rotatable bonds is 4.